The summed E-state index contributed by atoms with van der Waals surface area (Å²) in [6.07, 6.45) is 2.39. The van der Waals surface area contributed by atoms with Crippen molar-refractivity contribution >= 4 is 16.5 Å². The van der Waals surface area contributed by atoms with Crippen LogP contribution < -0.4 is 10.6 Å². The van der Waals surface area contributed by atoms with Crippen molar-refractivity contribution in [1.29, 1.82) is 0 Å². The first-order valence-electron chi connectivity index (χ1n) is 9.34. The summed E-state index contributed by atoms with van der Waals surface area (Å²) in [5.41, 5.74) is 4.17. The van der Waals surface area contributed by atoms with Crippen molar-refractivity contribution in [3.63, 3.8) is 0 Å². The van der Waals surface area contributed by atoms with Crippen LogP contribution in [0.15, 0.2) is 66.7 Å². The van der Waals surface area contributed by atoms with Gasteiger partial charge in [0.05, 0.1) is 0 Å². The number of nitrogens with one attached hydrogen (secondary N) is 2. The highest BCUT2D eigenvalue weighted by Crippen LogP contribution is 2.27. The molecule has 0 bridgehead atoms. The summed E-state index contributed by atoms with van der Waals surface area (Å²) in [6.45, 7) is 4.41. The van der Waals surface area contributed by atoms with Crippen molar-refractivity contribution in [2.75, 3.05) is 18.4 Å². The van der Waals surface area contributed by atoms with Crippen molar-refractivity contribution in [3.05, 3.63) is 77.9 Å². The van der Waals surface area contributed by atoms with Crippen molar-refractivity contribution in [1.82, 2.24) is 5.32 Å². The molecule has 2 heteroatoms. The molecule has 0 aromatic heterocycles. The third-order valence-corrected chi connectivity index (χ3v) is 5.40. The normalized spacial score (nSPS) is 17.7. The number of hydrogen-bond donors (Lipinski definition) is 2. The fourth-order valence-electron chi connectivity index (χ4n) is 3.95. The third-order valence-electron chi connectivity index (χ3n) is 5.40. The Morgan fingerprint density at radius 3 is 2.76 bits per heavy atom. The van der Waals surface area contributed by atoms with Crippen LogP contribution in [0.3, 0.4) is 0 Å². The van der Waals surface area contributed by atoms with Crippen LogP contribution in [0.4, 0.5) is 5.69 Å². The standard InChI is InChI=1S/C23H26N2/c1-17(21-11-6-9-19-7-2-4-10-22(19)21)24-14-13-18-15-20-8-3-5-12-23(20)25-16-18/h2-12,17-18,24-25H,13-16H2,1H3. The van der Waals surface area contributed by atoms with Gasteiger partial charge in [-0.15, -0.1) is 0 Å². The highest BCUT2D eigenvalue weighted by molar-refractivity contribution is 5.86. The van der Waals surface area contributed by atoms with Gasteiger partial charge in [0.2, 0.25) is 0 Å². The lowest BCUT2D eigenvalue weighted by atomic mass is 9.91. The van der Waals surface area contributed by atoms with E-state index >= 15 is 0 Å². The molecule has 4 rings (SSSR count). The van der Waals surface area contributed by atoms with Gasteiger partial charge in [-0.25, -0.2) is 0 Å². The summed E-state index contributed by atoms with van der Waals surface area (Å²) in [6, 6.07) is 24.3. The van der Waals surface area contributed by atoms with E-state index in [4.69, 9.17) is 0 Å². The summed E-state index contributed by atoms with van der Waals surface area (Å²) in [7, 11) is 0. The Balaban J connectivity index is 1.36. The number of hydrogen-bond acceptors (Lipinski definition) is 2. The number of para-hydroxylation sites is 1. The monoisotopic (exact) mass is 330 g/mol. The fraction of sp³-hybridized carbons (Fsp3) is 0.304. The first-order chi connectivity index (χ1) is 12.3. The maximum Gasteiger partial charge on any atom is 0.0372 e. The number of fused-ring (bicyclic) bond motifs is 2. The minimum absolute atomic E-state index is 0.370. The zero-order valence-electron chi connectivity index (χ0n) is 14.8. The second kappa shape index (κ2) is 7.28. The summed E-state index contributed by atoms with van der Waals surface area (Å²) < 4.78 is 0. The summed E-state index contributed by atoms with van der Waals surface area (Å²) in [4.78, 5) is 0. The van der Waals surface area contributed by atoms with E-state index in [1.807, 2.05) is 0 Å². The van der Waals surface area contributed by atoms with Gasteiger partial charge >= 0.3 is 0 Å². The molecule has 1 aliphatic heterocycles. The van der Waals surface area contributed by atoms with Crippen molar-refractivity contribution in [2.45, 2.75) is 25.8 Å². The van der Waals surface area contributed by atoms with Gasteiger partial charge in [-0.2, -0.15) is 0 Å². The van der Waals surface area contributed by atoms with E-state index in [1.165, 1.54) is 40.4 Å². The third kappa shape index (κ3) is 3.54. The highest BCUT2D eigenvalue weighted by Gasteiger charge is 2.17. The van der Waals surface area contributed by atoms with Gasteiger partial charge < -0.3 is 10.6 Å². The largest absolute Gasteiger partial charge is 0.385 e. The molecular weight excluding hydrogens is 304 g/mol. The maximum absolute atomic E-state index is 3.73. The lowest BCUT2D eigenvalue weighted by Gasteiger charge is -2.27. The average Bonchev–Trinajstić information content (AvgIpc) is 2.67. The smallest absolute Gasteiger partial charge is 0.0372 e. The Kier molecular flexibility index (Phi) is 4.71. The van der Waals surface area contributed by atoms with Crippen LogP contribution in [0.25, 0.3) is 10.8 Å². The zero-order valence-corrected chi connectivity index (χ0v) is 14.8. The predicted molar refractivity (Wildman–Crippen MR) is 107 cm³/mol. The summed E-state index contributed by atoms with van der Waals surface area (Å²) >= 11 is 0. The quantitative estimate of drug-likeness (QED) is 0.675. The van der Waals surface area contributed by atoms with E-state index in [0.717, 1.165) is 13.1 Å². The van der Waals surface area contributed by atoms with Crippen LogP contribution in [0, 0.1) is 5.92 Å². The number of benzene rings is 3. The molecule has 3 aromatic rings. The Morgan fingerprint density at radius 2 is 1.80 bits per heavy atom. The minimum Gasteiger partial charge on any atom is -0.385 e. The molecule has 0 aliphatic carbocycles. The van der Waals surface area contributed by atoms with Gasteiger partial charge in [0.1, 0.15) is 0 Å². The van der Waals surface area contributed by atoms with Crippen LogP contribution >= 0.6 is 0 Å². The van der Waals surface area contributed by atoms with E-state index in [0.29, 0.717) is 12.0 Å². The molecular formula is C23H26N2. The second-order valence-corrected chi connectivity index (χ2v) is 7.14. The van der Waals surface area contributed by atoms with Crippen LogP contribution in [0.1, 0.15) is 30.5 Å². The van der Waals surface area contributed by atoms with E-state index < -0.39 is 0 Å². The minimum atomic E-state index is 0.370. The zero-order chi connectivity index (χ0) is 17.1. The van der Waals surface area contributed by atoms with E-state index in [9.17, 15) is 0 Å². The Hall–Kier alpha value is -2.32. The Morgan fingerprint density at radius 1 is 1.00 bits per heavy atom. The molecule has 128 valence electrons. The van der Waals surface area contributed by atoms with E-state index in [2.05, 4.69) is 84.3 Å². The second-order valence-electron chi connectivity index (χ2n) is 7.14. The molecule has 2 N–H and O–H groups in total. The van der Waals surface area contributed by atoms with Crippen LogP contribution in [0.5, 0.6) is 0 Å². The van der Waals surface area contributed by atoms with Crippen molar-refractivity contribution in [3.8, 4) is 0 Å². The molecule has 0 spiro atoms. The molecule has 0 saturated heterocycles. The summed E-state index contributed by atoms with van der Waals surface area (Å²) in [5, 5.41) is 9.99. The van der Waals surface area contributed by atoms with Crippen molar-refractivity contribution in [2.24, 2.45) is 5.92 Å². The molecule has 2 nitrogen and oxygen atoms in total. The fourth-order valence-corrected chi connectivity index (χ4v) is 3.95. The van der Waals surface area contributed by atoms with Crippen LogP contribution in [-0.2, 0) is 6.42 Å². The molecule has 0 saturated carbocycles. The molecule has 2 atom stereocenters. The topological polar surface area (TPSA) is 24.1 Å². The first kappa shape index (κ1) is 16.2. The van der Waals surface area contributed by atoms with Gasteiger partial charge in [0.25, 0.3) is 0 Å². The van der Waals surface area contributed by atoms with Gasteiger partial charge in [-0.05, 0) is 60.2 Å². The SMILES string of the molecule is CC(NCCC1CNc2ccccc2C1)c1cccc2ccccc12. The molecule has 0 radical (unpaired) electrons. The van der Waals surface area contributed by atoms with Crippen LogP contribution in [0.2, 0.25) is 0 Å². The average molecular weight is 330 g/mol. The molecule has 0 amide bonds. The molecule has 3 aromatic carbocycles. The number of anilines is 1. The van der Waals surface area contributed by atoms with E-state index in [1.54, 1.807) is 0 Å². The molecule has 0 fully saturated rings. The Bertz CT molecular complexity index is 850. The number of rotatable bonds is 5. The van der Waals surface area contributed by atoms with Gasteiger partial charge in [0, 0.05) is 18.3 Å². The maximum atomic E-state index is 3.73. The molecule has 1 aliphatic rings. The van der Waals surface area contributed by atoms with Gasteiger partial charge in [0.15, 0.2) is 0 Å². The van der Waals surface area contributed by atoms with Gasteiger partial charge in [-0.3, -0.25) is 0 Å². The Labute approximate surface area is 150 Å². The van der Waals surface area contributed by atoms with E-state index in [-0.39, 0.29) is 0 Å². The summed E-state index contributed by atoms with van der Waals surface area (Å²) in [5.74, 6) is 0.710. The van der Waals surface area contributed by atoms with Crippen LogP contribution in [-0.4, -0.2) is 13.1 Å². The molecule has 1 heterocycles. The molecule has 25 heavy (non-hydrogen) atoms. The molecule has 2 unspecified atom stereocenters. The lowest BCUT2D eigenvalue weighted by Crippen LogP contribution is -2.28. The predicted octanol–water partition coefficient (Wildman–Crippen LogP) is 5.16. The lowest BCUT2D eigenvalue weighted by molar-refractivity contribution is 0.452. The van der Waals surface area contributed by atoms with Crippen molar-refractivity contribution < 1.29 is 0 Å². The van der Waals surface area contributed by atoms with Gasteiger partial charge in [-0.1, -0.05) is 60.7 Å². The first-order valence-corrected chi connectivity index (χ1v) is 9.34. The highest BCUT2D eigenvalue weighted by atomic mass is 14.9.